The van der Waals surface area contributed by atoms with Gasteiger partial charge in [-0.05, 0) is 25.3 Å². The summed E-state index contributed by atoms with van der Waals surface area (Å²) in [4.78, 5) is 9.49. The normalized spacial score (nSPS) is 14.3. The van der Waals surface area contributed by atoms with Gasteiger partial charge in [-0.25, -0.2) is 4.98 Å². The average Bonchev–Trinajstić information content (AvgIpc) is 3.21. The number of nitrogens with one attached hydrogen (secondary N) is 2. The van der Waals surface area contributed by atoms with Crippen LogP contribution in [0.25, 0.3) is 11.3 Å². The predicted molar refractivity (Wildman–Crippen MR) is 112 cm³/mol. The summed E-state index contributed by atoms with van der Waals surface area (Å²) in [6.07, 6.45) is 4.97. The molecule has 1 saturated carbocycles. The van der Waals surface area contributed by atoms with Crippen molar-refractivity contribution in [2.45, 2.75) is 45.2 Å². The maximum atomic E-state index is 4.77. The third kappa shape index (κ3) is 4.64. The SMILES string of the molecule is Cc1ccc(CNc2cc(-c3ccccc3)nc(NC3CCCC3)n2)cc1. The summed E-state index contributed by atoms with van der Waals surface area (Å²) in [6, 6.07) is 21.4. The molecule has 0 spiro atoms. The molecule has 138 valence electrons. The summed E-state index contributed by atoms with van der Waals surface area (Å²) in [5.74, 6) is 1.57. The molecular formula is C23H26N4. The fourth-order valence-corrected chi connectivity index (χ4v) is 3.51. The van der Waals surface area contributed by atoms with Gasteiger partial charge in [0.1, 0.15) is 5.82 Å². The zero-order valence-corrected chi connectivity index (χ0v) is 15.8. The predicted octanol–water partition coefficient (Wildman–Crippen LogP) is 5.42. The standard InChI is InChI=1S/C23H26N4/c1-17-11-13-18(14-12-17)16-24-22-15-21(19-7-3-2-4-8-19)26-23(27-22)25-20-9-5-6-10-20/h2-4,7-8,11-15,20H,5-6,9-10,16H2,1H3,(H2,24,25,26,27). The first-order chi connectivity index (χ1) is 13.3. The van der Waals surface area contributed by atoms with Crippen molar-refractivity contribution in [1.82, 2.24) is 9.97 Å². The summed E-state index contributed by atoms with van der Waals surface area (Å²) >= 11 is 0. The van der Waals surface area contributed by atoms with Gasteiger partial charge in [-0.15, -0.1) is 0 Å². The number of nitrogens with zero attached hydrogens (tertiary/aromatic N) is 2. The summed E-state index contributed by atoms with van der Waals surface area (Å²) in [5, 5.41) is 7.00. The monoisotopic (exact) mass is 358 g/mol. The zero-order chi connectivity index (χ0) is 18.5. The third-order valence-corrected chi connectivity index (χ3v) is 5.08. The van der Waals surface area contributed by atoms with Crippen LogP contribution in [0.5, 0.6) is 0 Å². The lowest BCUT2D eigenvalue weighted by atomic mass is 10.1. The van der Waals surface area contributed by atoms with E-state index in [2.05, 4.69) is 54.0 Å². The first-order valence-electron chi connectivity index (χ1n) is 9.77. The number of aryl methyl sites for hydroxylation is 1. The van der Waals surface area contributed by atoms with Gasteiger partial charge in [0, 0.05) is 24.2 Å². The molecular weight excluding hydrogens is 332 g/mol. The average molecular weight is 358 g/mol. The first-order valence-corrected chi connectivity index (χ1v) is 9.77. The third-order valence-electron chi connectivity index (χ3n) is 5.08. The van der Waals surface area contributed by atoms with Crippen LogP contribution in [-0.2, 0) is 6.54 Å². The van der Waals surface area contributed by atoms with E-state index in [1.54, 1.807) is 0 Å². The molecule has 0 radical (unpaired) electrons. The minimum atomic E-state index is 0.487. The molecule has 4 nitrogen and oxygen atoms in total. The van der Waals surface area contributed by atoms with Gasteiger partial charge >= 0.3 is 0 Å². The molecule has 27 heavy (non-hydrogen) atoms. The molecule has 0 bridgehead atoms. The van der Waals surface area contributed by atoms with Gasteiger partial charge in [-0.3, -0.25) is 0 Å². The van der Waals surface area contributed by atoms with Crippen LogP contribution in [0.15, 0.2) is 60.7 Å². The van der Waals surface area contributed by atoms with Crippen molar-refractivity contribution < 1.29 is 0 Å². The van der Waals surface area contributed by atoms with Crippen molar-refractivity contribution in [2.75, 3.05) is 10.6 Å². The minimum Gasteiger partial charge on any atom is -0.366 e. The molecule has 1 aromatic heterocycles. The highest BCUT2D eigenvalue weighted by molar-refractivity contribution is 5.64. The van der Waals surface area contributed by atoms with Gasteiger partial charge < -0.3 is 10.6 Å². The molecule has 2 aromatic carbocycles. The van der Waals surface area contributed by atoms with E-state index in [1.807, 2.05) is 24.3 Å². The number of aromatic nitrogens is 2. The molecule has 0 amide bonds. The van der Waals surface area contributed by atoms with Crippen LogP contribution in [0.2, 0.25) is 0 Å². The topological polar surface area (TPSA) is 49.8 Å². The second-order valence-corrected chi connectivity index (χ2v) is 7.29. The lowest BCUT2D eigenvalue weighted by Gasteiger charge is -2.15. The van der Waals surface area contributed by atoms with Gasteiger partial charge in [0.2, 0.25) is 5.95 Å². The van der Waals surface area contributed by atoms with Crippen molar-refractivity contribution in [2.24, 2.45) is 0 Å². The van der Waals surface area contributed by atoms with E-state index in [1.165, 1.54) is 36.8 Å². The van der Waals surface area contributed by atoms with Gasteiger partial charge in [-0.2, -0.15) is 4.98 Å². The number of hydrogen-bond donors (Lipinski definition) is 2. The van der Waals surface area contributed by atoms with Crippen LogP contribution in [0.4, 0.5) is 11.8 Å². The molecule has 0 aliphatic heterocycles. The highest BCUT2D eigenvalue weighted by atomic mass is 15.2. The summed E-state index contributed by atoms with van der Waals surface area (Å²) in [7, 11) is 0. The van der Waals surface area contributed by atoms with Gasteiger partial charge in [-0.1, -0.05) is 73.0 Å². The fourth-order valence-electron chi connectivity index (χ4n) is 3.51. The van der Waals surface area contributed by atoms with E-state index in [4.69, 9.17) is 9.97 Å². The van der Waals surface area contributed by atoms with E-state index < -0.39 is 0 Å². The highest BCUT2D eigenvalue weighted by Crippen LogP contribution is 2.25. The molecule has 3 aromatic rings. The molecule has 0 unspecified atom stereocenters. The van der Waals surface area contributed by atoms with Gasteiger partial charge in [0.25, 0.3) is 0 Å². The minimum absolute atomic E-state index is 0.487. The lowest BCUT2D eigenvalue weighted by Crippen LogP contribution is -2.17. The Balaban J connectivity index is 1.57. The van der Waals surface area contributed by atoms with E-state index in [-0.39, 0.29) is 0 Å². The Morgan fingerprint density at radius 1 is 0.926 bits per heavy atom. The molecule has 2 N–H and O–H groups in total. The zero-order valence-electron chi connectivity index (χ0n) is 15.8. The highest BCUT2D eigenvalue weighted by Gasteiger charge is 2.16. The molecule has 0 saturated heterocycles. The Morgan fingerprint density at radius 2 is 1.67 bits per heavy atom. The molecule has 1 fully saturated rings. The van der Waals surface area contributed by atoms with Crippen LogP contribution < -0.4 is 10.6 Å². The number of anilines is 2. The molecule has 1 aliphatic rings. The Morgan fingerprint density at radius 3 is 2.41 bits per heavy atom. The molecule has 4 heteroatoms. The largest absolute Gasteiger partial charge is 0.366 e. The molecule has 1 heterocycles. The van der Waals surface area contributed by atoms with Gasteiger partial charge in [0.05, 0.1) is 5.69 Å². The van der Waals surface area contributed by atoms with Crippen molar-refractivity contribution in [3.8, 4) is 11.3 Å². The Kier molecular flexibility index (Phi) is 5.33. The number of benzene rings is 2. The van der Waals surface area contributed by atoms with Gasteiger partial charge in [0.15, 0.2) is 0 Å². The number of rotatable bonds is 6. The maximum Gasteiger partial charge on any atom is 0.225 e. The second kappa shape index (κ2) is 8.21. The summed E-state index contributed by atoms with van der Waals surface area (Å²) < 4.78 is 0. The fraction of sp³-hybridized carbons (Fsp3) is 0.304. The van der Waals surface area contributed by atoms with E-state index >= 15 is 0 Å². The summed E-state index contributed by atoms with van der Waals surface area (Å²) in [6.45, 7) is 2.85. The molecule has 1 aliphatic carbocycles. The van der Waals surface area contributed by atoms with Crippen LogP contribution >= 0.6 is 0 Å². The van der Waals surface area contributed by atoms with Crippen LogP contribution in [-0.4, -0.2) is 16.0 Å². The summed E-state index contributed by atoms with van der Waals surface area (Å²) in [5.41, 5.74) is 4.56. The Labute approximate surface area is 161 Å². The van der Waals surface area contributed by atoms with Crippen LogP contribution in [0.3, 0.4) is 0 Å². The van der Waals surface area contributed by atoms with Crippen molar-refractivity contribution >= 4 is 11.8 Å². The van der Waals surface area contributed by atoms with E-state index in [9.17, 15) is 0 Å². The van der Waals surface area contributed by atoms with Crippen LogP contribution in [0.1, 0.15) is 36.8 Å². The van der Waals surface area contributed by atoms with E-state index in [0.29, 0.717) is 6.04 Å². The lowest BCUT2D eigenvalue weighted by molar-refractivity contribution is 0.744. The van der Waals surface area contributed by atoms with E-state index in [0.717, 1.165) is 29.6 Å². The number of hydrogen-bond acceptors (Lipinski definition) is 4. The second-order valence-electron chi connectivity index (χ2n) is 7.29. The molecule has 4 rings (SSSR count). The van der Waals surface area contributed by atoms with Crippen molar-refractivity contribution in [3.63, 3.8) is 0 Å². The quantitative estimate of drug-likeness (QED) is 0.618. The first kappa shape index (κ1) is 17.5. The molecule has 0 atom stereocenters. The Bertz CT molecular complexity index is 869. The maximum absolute atomic E-state index is 4.77. The Hall–Kier alpha value is -2.88. The van der Waals surface area contributed by atoms with Crippen molar-refractivity contribution in [1.29, 1.82) is 0 Å². The van der Waals surface area contributed by atoms with Crippen LogP contribution in [0, 0.1) is 6.92 Å². The smallest absolute Gasteiger partial charge is 0.225 e. The van der Waals surface area contributed by atoms with Crippen molar-refractivity contribution in [3.05, 3.63) is 71.8 Å².